The van der Waals surface area contributed by atoms with E-state index >= 15 is 0 Å². The fourth-order valence-corrected chi connectivity index (χ4v) is 1.61. The minimum atomic E-state index is 0.163. The van der Waals surface area contributed by atoms with Gasteiger partial charge in [0.05, 0.1) is 5.52 Å². The third-order valence-corrected chi connectivity index (χ3v) is 2.60. The van der Waals surface area contributed by atoms with E-state index in [1.165, 1.54) is 5.56 Å². The van der Waals surface area contributed by atoms with Crippen molar-refractivity contribution in [2.75, 3.05) is 0 Å². The number of hydrogen-bond acceptors (Lipinski definition) is 1. The summed E-state index contributed by atoms with van der Waals surface area (Å²) < 4.78 is 0. The molecule has 0 bridgehead atoms. The van der Waals surface area contributed by atoms with E-state index in [-0.39, 0.29) is 5.92 Å². The van der Waals surface area contributed by atoms with E-state index in [4.69, 9.17) is 6.42 Å². The van der Waals surface area contributed by atoms with Gasteiger partial charge in [0.1, 0.15) is 0 Å². The normalized spacial score (nSPS) is 12.3. The Morgan fingerprint density at radius 1 is 1.27 bits per heavy atom. The lowest BCUT2D eigenvalue weighted by atomic mass is 10.00. The first-order valence-electron chi connectivity index (χ1n) is 5.04. The van der Waals surface area contributed by atoms with Crippen molar-refractivity contribution in [1.82, 2.24) is 4.98 Å². The standard InChI is InChI=1S/C14H13N/c1-4-10(2)12-7-8-14-13(9-12)6-5-11(3)15-14/h1,5-10H,2-3H3. The molecule has 74 valence electrons. The average Bonchev–Trinajstić information content (AvgIpc) is 2.27. The molecule has 0 aliphatic carbocycles. The number of terminal acetylenes is 1. The molecular weight excluding hydrogens is 182 g/mol. The lowest BCUT2D eigenvalue weighted by Crippen LogP contribution is -1.90. The Balaban J connectivity index is 2.58. The molecule has 0 saturated heterocycles. The number of pyridine rings is 1. The van der Waals surface area contributed by atoms with Crippen LogP contribution >= 0.6 is 0 Å². The molecular formula is C14H13N. The summed E-state index contributed by atoms with van der Waals surface area (Å²) in [5.41, 5.74) is 3.25. The van der Waals surface area contributed by atoms with Crippen molar-refractivity contribution in [2.24, 2.45) is 0 Å². The predicted octanol–water partition coefficient (Wildman–Crippen LogP) is 3.28. The zero-order valence-electron chi connectivity index (χ0n) is 8.99. The number of aryl methyl sites for hydroxylation is 1. The molecule has 2 rings (SSSR count). The summed E-state index contributed by atoms with van der Waals surface area (Å²) >= 11 is 0. The van der Waals surface area contributed by atoms with Gasteiger partial charge >= 0.3 is 0 Å². The van der Waals surface area contributed by atoms with Crippen molar-refractivity contribution in [1.29, 1.82) is 0 Å². The van der Waals surface area contributed by atoms with Crippen LogP contribution in [0, 0.1) is 19.3 Å². The van der Waals surface area contributed by atoms with E-state index in [9.17, 15) is 0 Å². The molecule has 1 atom stereocenters. The van der Waals surface area contributed by atoms with Crippen molar-refractivity contribution in [2.45, 2.75) is 19.8 Å². The van der Waals surface area contributed by atoms with Crippen LogP contribution < -0.4 is 0 Å². The van der Waals surface area contributed by atoms with Crippen molar-refractivity contribution in [3.8, 4) is 12.3 Å². The van der Waals surface area contributed by atoms with Gasteiger partial charge in [-0.25, -0.2) is 0 Å². The lowest BCUT2D eigenvalue weighted by Gasteiger charge is -2.06. The third kappa shape index (κ3) is 1.85. The number of nitrogens with zero attached hydrogens (tertiary/aromatic N) is 1. The minimum absolute atomic E-state index is 0.163. The molecule has 0 N–H and O–H groups in total. The van der Waals surface area contributed by atoms with E-state index in [0.29, 0.717) is 0 Å². The Morgan fingerprint density at radius 3 is 2.80 bits per heavy atom. The highest BCUT2D eigenvalue weighted by Gasteiger charge is 2.03. The van der Waals surface area contributed by atoms with Gasteiger partial charge in [-0.3, -0.25) is 4.98 Å². The maximum Gasteiger partial charge on any atom is 0.0705 e. The summed E-state index contributed by atoms with van der Waals surface area (Å²) in [7, 11) is 0. The summed E-state index contributed by atoms with van der Waals surface area (Å²) in [4.78, 5) is 4.45. The highest BCUT2D eigenvalue weighted by molar-refractivity contribution is 5.79. The quantitative estimate of drug-likeness (QED) is 0.636. The second-order valence-electron chi connectivity index (χ2n) is 3.79. The highest BCUT2D eigenvalue weighted by atomic mass is 14.7. The maximum absolute atomic E-state index is 5.41. The molecule has 1 unspecified atom stereocenters. The molecule has 0 spiro atoms. The van der Waals surface area contributed by atoms with Gasteiger partial charge < -0.3 is 0 Å². The Morgan fingerprint density at radius 2 is 2.07 bits per heavy atom. The summed E-state index contributed by atoms with van der Waals surface area (Å²) in [6, 6.07) is 10.3. The lowest BCUT2D eigenvalue weighted by molar-refractivity contribution is 1.01. The minimum Gasteiger partial charge on any atom is -0.253 e. The van der Waals surface area contributed by atoms with Gasteiger partial charge in [-0.15, -0.1) is 6.42 Å². The zero-order valence-corrected chi connectivity index (χ0v) is 8.99. The molecule has 15 heavy (non-hydrogen) atoms. The Hall–Kier alpha value is -1.81. The Bertz CT molecular complexity index is 535. The molecule has 0 amide bonds. The Kier molecular flexibility index (Phi) is 2.43. The number of aromatic nitrogens is 1. The monoisotopic (exact) mass is 195 g/mol. The number of fused-ring (bicyclic) bond motifs is 1. The smallest absolute Gasteiger partial charge is 0.0705 e. The third-order valence-electron chi connectivity index (χ3n) is 2.60. The van der Waals surface area contributed by atoms with Crippen molar-refractivity contribution < 1.29 is 0 Å². The van der Waals surface area contributed by atoms with E-state index < -0.39 is 0 Å². The fraction of sp³-hybridized carbons (Fsp3) is 0.214. The van der Waals surface area contributed by atoms with Crippen molar-refractivity contribution in [3.05, 3.63) is 41.6 Å². The van der Waals surface area contributed by atoms with Gasteiger partial charge in [-0.1, -0.05) is 18.1 Å². The first-order valence-corrected chi connectivity index (χ1v) is 5.04. The van der Waals surface area contributed by atoms with Crippen LogP contribution in [0.4, 0.5) is 0 Å². The van der Waals surface area contributed by atoms with Gasteiger partial charge in [-0.05, 0) is 37.6 Å². The molecule has 0 aliphatic heterocycles. The van der Waals surface area contributed by atoms with Gasteiger partial charge in [0, 0.05) is 17.0 Å². The van der Waals surface area contributed by atoms with E-state index in [0.717, 1.165) is 16.6 Å². The average molecular weight is 195 g/mol. The van der Waals surface area contributed by atoms with Crippen molar-refractivity contribution in [3.63, 3.8) is 0 Å². The number of rotatable bonds is 1. The fourth-order valence-electron chi connectivity index (χ4n) is 1.61. The largest absolute Gasteiger partial charge is 0.253 e. The molecule has 0 aliphatic rings. The molecule has 1 heteroatoms. The topological polar surface area (TPSA) is 12.9 Å². The number of benzene rings is 1. The summed E-state index contributed by atoms with van der Waals surface area (Å²) in [5, 5.41) is 1.15. The highest BCUT2D eigenvalue weighted by Crippen LogP contribution is 2.20. The van der Waals surface area contributed by atoms with Gasteiger partial charge in [0.25, 0.3) is 0 Å². The van der Waals surface area contributed by atoms with E-state index in [2.05, 4.69) is 29.1 Å². The maximum atomic E-state index is 5.41. The van der Waals surface area contributed by atoms with Crippen LogP contribution in [0.5, 0.6) is 0 Å². The predicted molar refractivity (Wildman–Crippen MR) is 63.7 cm³/mol. The number of hydrogen-bond donors (Lipinski definition) is 0. The summed E-state index contributed by atoms with van der Waals surface area (Å²) in [6.07, 6.45) is 5.41. The van der Waals surface area contributed by atoms with Crippen LogP contribution in [0.2, 0.25) is 0 Å². The molecule has 1 aromatic carbocycles. The first kappa shape index (κ1) is 9.73. The van der Waals surface area contributed by atoms with Crippen LogP contribution in [0.15, 0.2) is 30.3 Å². The van der Waals surface area contributed by atoms with Crippen LogP contribution in [-0.4, -0.2) is 4.98 Å². The SMILES string of the molecule is C#CC(C)c1ccc2nc(C)ccc2c1. The molecule has 0 fully saturated rings. The molecule has 1 heterocycles. The van der Waals surface area contributed by atoms with Crippen LogP contribution in [0.3, 0.4) is 0 Å². The van der Waals surface area contributed by atoms with Gasteiger partial charge in [0.2, 0.25) is 0 Å². The van der Waals surface area contributed by atoms with Crippen molar-refractivity contribution >= 4 is 10.9 Å². The zero-order chi connectivity index (χ0) is 10.8. The van der Waals surface area contributed by atoms with Gasteiger partial charge in [0.15, 0.2) is 0 Å². The summed E-state index contributed by atoms with van der Waals surface area (Å²) in [5.74, 6) is 2.90. The summed E-state index contributed by atoms with van der Waals surface area (Å²) in [6.45, 7) is 4.03. The molecule has 1 aromatic heterocycles. The van der Waals surface area contributed by atoms with E-state index in [1.807, 2.05) is 26.0 Å². The van der Waals surface area contributed by atoms with Crippen LogP contribution in [0.25, 0.3) is 10.9 Å². The van der Waals surface area contributed by atoms with Crippen LogP contribution in [-0.2, 0) is 0 Å². The second-order valence-corrected chi connectivity index (χ2v) is 3.79. The molecule has 0 saturated carbocycles. The second kappa shape index (κ2) is 3.74. The van der Waals surface area contributed by atoms with E-state index in [1.54, 1.807) is 0 Å². The molecule has 0 radical (unpaired) electrons. The first-order chi connectivity index (χ1) is 7.20. The van der Waals surface area contributed by atoms with Crippen LogP contribution in [0.1, 0.15) is 24.1 Å². The molecule has 2 aromatic rings. The van der Waals surface area contributed by atoms with Gasteiger partial charge in [-0.2, -0.15) is 0 Å². The molecule has 1 nitrogen and oxygen atoms in total. The Labute approximate surface area is 90.2 Å².